The van der Waals surface area contributed by atoms with E-state index in [4.69, 9.17) is 11.5 Å². The smallest absolute Gasteiger partial charge is 0.0742 e. The van der Waals surface area contributed by atoms with Crippen LogP contribution in [-0.4, -0.2) is 24.3 Å². The predicted molar refractivity (Wildman–Crippen MR) is 53.3 cm³/mol. The molecule has 72 valence electrons. The summed E-state index contributed by atoms with van der Waals surface area (Å²) in [6.07, 6.45) is -0.549. The van der Waals surface area contributed by atoms with Crippen LogP contribution in [0.3, 0.4) is 0 Å². The van der Waals surface area contributed by atoms with Crippen molar-refractivity contribution in [2.45, 2.75) is 12.0 Å². The molecule has 3 nitrogen and oxygen atoms in total. The molecule has 0 aliphatic heterocycles. The first-order chi connectivity index (χ1) is 6.29. The maximum Gasteiger partial charge on any atom is 0.0742 e. The summed E-state index contributed by atoms with van der Waals surface area (Å²) in [5.41, 5.74) is 12.0. The molecule has 0 amide bonds. The van der Waals surface area contributed by atoms with Gasteiger partial charge in [-0.1, -0.05) is 30.3 Å². The number of aliphatic hydroxyl groups excluding tert-OH is 1. The molecule has 0 aliphatic rings. The summed E-state index contributed by atoms with van der Waals surface area (Å²) in [4.78, 5) is 0. The Morgan fingerprint density at radius 2 is 1.69 bits per heavy atom. The molecule has 0 bridgehead atoms. The van der Waals surface area contributed by atoms with Crippen LogP contribution in [0.4, 0.5) is 0 Å². The van der Waals surface area contributed by atoms with Crippen molar-refractivity contribution >= 4 is 0 Å². The molecule has 0 spiro atoms. The minimum Gasteiger partial charge on any atom is -0.391 e. The molecule has 2 atom stereocenters. The van der Waals surface area contributed by atoms with Gasteiger partial charge in [0.15, 0.2) is 0 Å². The molecule has 0 radical (unpaired) electrons. The summed E-state index contributed by atoms with van der Waals surface area (Å²) in [6, 6.07) is 9.71. The SMILES string of the molecule is NCC(O)C(CN)c1ccccc1. The molecule has 0 fully saturated rings. The summed E-state index contributed by atoms with van der Waals surface area (Å²) in [5.74, 6) is -0.0498. The first kappa shape index (κ1) is 10.2. The molecule has 13 heavy (non-hydrogen) atoms. The molecule has 0 heterocycles. The number of hydrogen-bond acceptors (Lipinski definition) is 3. The Balaban J connectivity index is 2.78. The van der Waals surface area contributed by atoms with E-state index in [0.29, 0.717) is 6.54 Å². The van der Waals surface area contributed by atoms with Gasteiger partial charge in [0.1, 0.15) is 0 Å². The second-order valence-electron chi connectivity index (χ2n) is 3.06. The molecule has 3 heteroatoms. The highest BCUT2D eigenvalue weighted by molar-refractivity contribution is 5.21. The Morgan fingerprint density at radius 3 is 2.15 bits per heavy atom. The van der Waals surface area contributed by atoms with E-state index in [-0.39, 0.29) is 12.5 Å². The van der Waals surface area contributed by atoms with Crippen LogP contribution in [0.2, 0.25) is 0 Å². The van der Waals surface area contributed by atoms with Crippen LogP contribution in [0.5, 0.6) is 0 Å². The van der Waals surface area contributed by atoms with Crippen LogP contribution in [0.25, 0.3) is 0 Å². The number of benzene rings is 1. The van der Waals surface area contributed by atoms with Gasteiger partial charge in [-0.05, 0) is 5.56 Å². The third kappa shape index (κ3) is 2.52. The maximum absolute atomic E-state index is 9.57. The molecule has 0 aliphatic carbocycles. The van der Waals surface area contributed by atoms with Crippen molar-refractivity contribution in [3.63, 3.8) is 0 Å². The second-order valence-corrected chi connectivity index (χ2v) is 3.06. The van der Waals surface area contributed by atoms with Crippen molar-refractivity contribution in [3.05, 3.63) is 35.9 Å². The van der Waals surface area contributed by atoms with Crippen LogP contribution < -0.4 is 11.5 Å². The molecule has 0 saturated carbocycles. The summed E-state index contributed by atoms with van der Waals surface area (Å²) < 4.78 is 0. The van der Waals surface area contributed by atoms with Crippen LogP contribution in [0.1, 0.15) is 11.5 Å². The van der Waals surface area contributed by atoms with Gasteiger partial charge in [-0.15, -0.1) is 0 Å². The van der Waals surface area contributed by atoms with E-state index in [1.165, 1.54) is 0 Å². The molecule has 1 aromatic rings. The Hall–Kier alpha value is -0.900. The fourth-order valence-corrected chi connectivity index (χ4v) is 1.38. The van der Waals surface area contributed by atoms with E-state index in [0.717, 1.165) is 5.56 Å². The molecule has 2 unspecified atom stereocenters. The molecule has 0 aromatic heterocycles. The van der Waals surface area contributed by atoms with E-state index in [9.17, 15) is 5.11 Å². The molecular formula is C10H16N2O. The highest BCUT2D eigenvalue weighted by Gasteiger charge is 2.17. The van der Waals surface area contributed by atoms with Crippen molar-refractivity contribution in [1.82, 2.24) is 0 Å². The zero-order valence-electron chi connectivity index (χ0n) is 7.56. The average molecular weight is 180 g/mol. The Labute approximate surface area is 78.4 Å². The average Bonchev–Trinajstić information content (AvgIpc) is 2.20. The topological polar surface area (TPSA) is 72.3 Å². The van der Waals surface area contributed by atoms with Crippen molar-refractivity contribution < 1.29 is 5.11 Å². The highest BCUT2D eigenvalue weighted by Crippen LogP contribution is 2.17. The molecule has 0 saturated heterocycles. The van der Waals surface area contributed by atoms with E-state index >= 15 is 0 Å². The Bertz CT molecular complexity index is 238. The lowest BCUT2D eigenvalue weighted by atomic mass is 9.93. The van der Waals surface area contributed by atoms with Crippen molar-refractivity contribution in [2.75, 3.05) is 13.1 Å². The van der Waals surface area contributed by atoms with Gasteiger partial charge >= 0.3 is 0 Å². The fourth-order valence-electron chi connectivity index (χ4n) is 1.38. The quantitative estimate of drug-likeness (QED) is 0.613. The van der Waals surface area contributed by atoms with Crippen LogP contribution in [0.15, 0.2) is 30.3 Å². The third-order valence-electron chi connectivity index (χ3n) is 2.19. The van der Waals surface area contributed by atoms with Gasteiger partial charge in [-0.2, -0.15) is 0 Å². The minimum atomic E-state index is -0.549. The summed E-state index contributed by atoms with van der Waals surface area (Å²) in [6.45, 7) is 0.666. The Kier molecular flexibility index (Phi) is 3.89. The minimum absolute atomic E-state index is 0.0498. The van der Waals surface area contributed by atoms with Gasteiger partial charge in [-0.25, -0.2) is 0 Å². The maximum atomic E-state index is 9.57. The first-order valence-corrected chi connectivity index (χ1v) is 4.42. The first-order valence-electron chi connectivity index (χ1n) is 4.42. The van der Waals surface area contributed by atoms with E-state index in [1.807, 2.05) is 30.3 Å². The van der Waals surface area contributed by atoms with E-state index in [1.54, 1.807) is 0 Å². The normalized spacial score (nSPS) is 15.3. The van der Waals surface area contributed by atoms with E-state index < -0.39 is 6.10 Å². The van der Waals surface area contributed by atoms with Gasteiger partial charge in [0.25, 0.3) is 0 Å². The van der Waals surface area contributed by atoms with Gasteiger partial charge in [0.05, 0.1) is 6.10 Å². The zero-order valence-corrected chi connectivity index (χ0v) is 7.56. The van der Waals surface area contributed by atoms with Crippen molar-refractivity contribution in [3.8, 4) is 0 Å². The molecular weight excluding hydrogens is 164 g/mol. The number of hydrogen-bond donors (Lipinski definition) is 3. The molecule has 1 aromatic carbocycles. The van der Waals surface area contributed by atoms with Gasteiger partial charge in [-0.3, -0.25) is 0 Å². The van der Waals surface area contributed by atoms with Crippen LogP contribution in [-0.2, 0) is 0 Å². The van der Waals surface area contributed by atoms with Crippen LogP contribution in [0, 0.1) is 0 Å². The second kappa shape index (κ2) is 4.97. The highest BCUT2D eigenvalue weighted by atomic mass is 16.3. The zero-order chi connectivity index (χ0) is 9.68. The van der Waals surface area contributed by atoms with Gasteiger partial charge in [0.2, 0.25) is 0 Å². The lowest BCUT2D eigenvalue weighted by molar-refractivity contribution is 0.153. The molecule has 1 rings (SSSR count). The van der Waals surface area contributed by atoms with Crippen molar-refractivity contribution in [1.29, 1.82) is 0 Å². The molecule has 5 N–H and O–H groups in total. The number of rotatable bonds is 4. The predicted octanol–water partition coefficient (Wildman–Crippen LogP) is 0.0485. The summed E-state index contributed by atoms with van der Waals surface area (Å²) >= 11 is 0. The lowest BCUT2D eigenvalue weighted by Crippen LogP contribution is -2.32. The van der Waals surface area contributed by atoms with E-state index in [2.05, 4.69) is 0 Å². The monoisotopic (exact) mass is 180 g/mol. The van der Waals surface area contributed by atoms with Gasteiger partial charge < -0.3 is 16.6 Å². The summed E-state index contributed by atoms with van der Waals surface area (Å²) in [7, 11) is 0. The largest absolute Gasteiger partial charge is 0.391 e. The van der Waals surface area contributed by atoms with Gasteiger partial charge in [0, 0.05) is 19.0 Å². The third-order valence-corrected chi connectivity index (χ3v) is 2.19. The lowest BCUT2D eigenvalue weighted by Gasteiger charge is -2.20. The summed E-state index contributed by atoms with van der Waals surface area (Å²) in [5, 5.41) is 9.57. The fraction of sp³-hybridized carbons (Fsp3) is 0.400. The Morgan fingerprint density at radius 1 is 1.08 bits per heavy atom. The number of nitrogens with two attached hydrogens (primary N) is 2. The standard InChI is InChI=1S/C10H16N2O/c11-6-9(10(13)7-12)8-4-2-1-3-5-8/h1-5,9-10,13H,6-7,11-12H2. The number of aliphatic hydroxyl groups is 1. The van der Waals surface area contributed by atoms with Crippen LogP contribution >= 0.6 is 0 Å². The van der Waals surface area contributed by atoms with Crippen molar-refractivity contribution in [2.24, 2.45) is 11.5 Å².